The van der Waals surface area contributed by atoms with Gasteiger partial charge in [0.15, 0.2) is 14.2 Å². The Kier molecular flexibility index (Phi) is 5.46. The van der Waals surface area contributed by atoms with Gasteiger partial charge in [0.1, 0.15) is 0 Å². The number of carbonyl (C=O) groups excluding carboxylic acids is 1. The topological polar surface area (TPSA) is 92.3 Å². The van der Waals surface area contributed by atoms with Gasteiger partial charge in [-0.1, -0.05) is 29.2 Å². The zero-order valence-electron chi connectivity index (χ0n) is 13.2. The van der Waals surface area contributed by atoms with Crippen LogP contribution in [-0.2, 0) is 14.6 Å². The minimum Gasteiger partial charge on any atom is -0.357 e. The molecule has 1 aromatic rings. The molecule has 0 spiro atoms. The van der Waals surface area contributed by atoms with E-state index in [2.05, 4.69) is 22.1 Å². The molecule has 1 aromatic heterocycles. The first-order valence-corrected chi connectivity index (χ1v) is 11.4. The Morgan fingerprint density at radius 1 is 1.38 bits per heavy atom. The van der Waals surface area contributed by atoms with Crippen LogP contribution in [0.1, 0.15) is 19.3 Å². The van der Waals surface area contributed by atoms with Crippen LogP contribution in [-0.4, -0.2) is 65.3 Å². The van der Waals surface area contributed by atoms with E-state index in [9.17, 15) is 13.2 Å². The number of nitrogens with one attached hydrogen (secondary N) is 1. The summed E-state index contributed by atoms with van der Waals surface area (Å²) in [6, 6.07) is 0.0606. The Morgan fingerprint density at radius 2 is 2.17 bits per heavy atom. The number of aromatic nitrogens is 2. The summed E-state index contributed by atoms with van der Waals surface area (Å²) in [4.78, 5) is 14.4. The molecule has 0 aromatic carbocycles. The fourth-order valence-corrected chi connectivity index (χ4v) is 6.09. The van der Waals surface area contributed by atoms with Gasteiger partial charge in [0.25, 0.3) is 0 Å². The SMILES string of the molecule is C=CCNc1nnc(SCC(=O)N(C2CC2)[C@H]2CCS(=O)(=O)C2)s1. The van der Waals surface area contributed by atoms with Crippen molar-refractivity contribution >= 4 is 44.0 Å². The van der Waals surface area contributed by atoms with Gasteiger partial charge in [-0.3, -0.25) is 4.79 Å². The predicted octanol–water partition coefficient (Wildman–Crippen LogP) is 1.41. The summed E-state index contributed by atoms with van der Waals surface area (Å²) >= 11 is 2.75. The first-order chi connectivity index (χ1) is 11.5. The maximum absolute atomic E-state index is 12.6. The molecular weight excluding hydrogens is 368 g/mol. The lowest BCUT2D eigenvalue weighted by Gasteiger charge is -2.28. The molecule has 2 aliphatic rings. The first kappa shape index (κ1) is 17.7. The lowest BCUT2D eigenvalue weighted by atomic mass is 10.2. The van der Waals surface area contributed by atoms with E-state index in [4.69, 9.17) is 0 Å². The van der Waals surface area contributed by atoms with Crippen LogP contribution in [0.15, 0.2) is 17.0 Å². The van der Waals surface area contributed by atoms with Crippen LogP contribution >= 0.6 is 23.1 Å². The molecule has 1 saturated heterocycles. The van der Waals surface area contributed by atoms with E-state index in [1.165, 1.54) is 23.1 Å². The van der Waals surface area contributed by atoms with Crippen LogP contribution in [0.3, 0.4) is 0 Å². The monoisotopic (exact) mass is 388 g/mol. The van der Waals surface area contributed by atoms with Crippen LogP contribution in [0, 0.1) is 0 Å². The Labute approximate surface area is 149 Å². The summed E-state index contributed by atoms with van der Waals surface area (Å²) in [6.45, 7) is 4.24. The predicted molar refractivity (Wildman–Crippen MR) is 96.2 cm³/mol. The second-order valence-electron chi connectivity index (χ2n) is 5.92. The van der Waals surface area contributed by atoms with Gasteiger partial charge < -0.3 is 10.2 Å². The second-order valence-corrected chi connectivity index (χ2v) is 10.3. The smallest absolute Gasteiger partial charge is 0.233 e. The van der Waals surface area contributed by atoms with Crippen molar-refractivity contribution in [2.45, 2.75) is 35.7 Å². The Hall–Kier alpha value is -1.13. The van der Waals surface area contributed by atoms with E-state index in [1.54, 1.807) is 6.08 Å². The molecule has 0 unspecified atom stereocenters. The van der Waals surface area contributed by atoms with Crippen LogP contribution in [0.5, 0.6) is 0 Å². The number of amides is 1. The molecule has 10 heteroatoms. The first-order valence-electron chi connectivity index (χ1n) is 7.81. The molecule has 1 aliphatic carbocycles. The van der Waals surface area contributed by atoms with Crippen molar-refractivity contribution in [3.8, 4) is 0 Å². The maximum Gasteiger partial charge on any atom is 0.233 e. The van der Waals surface area contributed by atoms with Crippen molar-refractivity contribution in [3.05, 3.63) is 12.7 Å². The van der Waals surface area contributed by atoms with Crippen LogP contribution < -0.4 is 5.32 Å². The van der Waals surface area contributed by atoms with E-state index in [0.717, 1.165) is 17.2 Å². The van der Waals surface area contributed by atoms with Crippen molar-refractivity contribution in [2.75, 3.05) is 29.1 Å². The summed E-state index contributed by atoms with van der Waals surface area (Å²) in [5.74, 6) is 0.563. The highest BCUT2D eigenvalue weighted by Crippen LogP contribution is 2.34. The molecule has 1 N–H and O–H groups in total. The molecule has 0 bridgehead atoms. The average Bonchev–Trinajstić information content (AvgIpc) is 3.15. The molecule has 0 radical (unpaired) electrons. The van der Waals surface area contributed by atoms with Crippen molar-refractivity contribution in [2.24, 2.45) is 0 Å². The van der Waals surface area contributed by atoms with Gasteiger partial charge >= 0.3 is 0 Å². The van der Waals surface area contributed by atoms with Gasteiger partial charge in [-0.05, 0) is 19.3 Å². The lowest BCUT2D eigenvalue weighted by molar-refractivity contribution is -0.130. The Balaban J connectivity index is 1.56. The number of thioether (sulfide) groups is 1. The average molecular weight is 389 g/mol. The maximum atomic E-state index is 12.6. The fourth-order valence-electron chi connectivity index (χ4n) is 2.75. The highest BCUT2D eigenvalue weighted by atomic mass is 32.2. The summed E-state index contributed by atoms with van der Waals surface area (Å²) < 4.78 is 24.1. The lowest BCUT2D eigenvalue weighted by Crippen LogP contribution is -2.43. The zero-order valence-corrected chi connectivity index (χ0v) is 15.6. The largest absolute Gasteiger partial charge is 0.357 e. The molecule has 7 nitrogen and oxygen atoms in total. The second kappa shape index (κ2) is 7.40. The minimum absolute atomic E-state index is 0.000371. The number of anilines is 1. The third-order valence-corrected chi connectivity index (χ3v) is 7.70. The van der Waals surface area contributed by atoms with Crippen LogP contribution in [0.25, 0.3) is 0 Å². The van der Waals surface area contributed by atoms with Crippen molar-refractivity contribution in [1.82, 2.24) is 15.1 Å². The third kappa shape index (κ3) is 4.48. The molecule has 24 heavy (non-hydrogen) atoms. The normalized spacial score (nSPS) is 22.2. The molecule has 1 amide bonds. The minimum atomic E-state index is -2.99. The number of sulfone groups is 1. The van der Waals surface area contributed by atoms with E-state index in [1.807, 2.05) is 4.90 Å². The molecule has 1 aliphatic heterocycles. The zero-order chi connectivity index (χ0) is 17.2. The standard InChI is InChI=1S/C14H20N4O3S3/c1-2-6-15-13-16-17-14(23-13)22-8-12(19)18(10-3-4-10)11-5-7-24(20,21)9-11/h2,10-11H,1,3-9H2,(H,15,16)/t11-/m0/s1. The fraction of sp³-hybridized carbons (Fsp3) is 0.643. The van der Waals surface area contributed by atoms with Gasteiger partial charge in [0.05, 0.1) is 17.3 Å². The number of rotatable bonds is 8. The van der Waals surface area contributed by atoms with Crippen LogP contribution in [0.4, 0.5) is 5.13 Å². The van der Waals surface area contributed by atoms with E-state index in [0.29, 0.717) is 18.1 Å². The molecule has 1 saturated carbocycles. The highest BCUT2D eigenvalue weighted by molar-refractivity contribution is 8.01. The number of nitrogens with zero attached hydrogens (tertiary/aromatic N) is 3. The van der Waals surface area contributed by atoms with E-state index < -0.39 is 9.84 Å². The van der Waals surface area contributed by atoms with Gasteiger partial charge in [-0.15, -0.1) is 16.8 Å². The van der Waals surface area contributed by atoms with Crippen molar-refractivity contribution < 1.29 is 13.2 Å². The Morgan fingerprint density at radius 3 is 2.79 bits per heavy atom. The molecule has 2 heterocycles. The van der Waals surface area contributed by atoms with Gasteiger partial charge in [0.2, 0.25) is 11.0 Å². The molecule has 132 valence electrons. The van der Waals surface area contributed by atoms with Crippen LogP contribution in [0.2, 0.25) is 0 Å². The highest BCUT2D eigenvalue weighted by Gasteiger charge is 2.41. The molecular formula is C14H20N4O3S3. The summed E-state index contributed by atoms with van der Waals surface area (Å²) in [5, 5.41) is 11.8. The molecule has 1 atom stereocenters. The Bertz CT molecular complexity index is 715. The quantitative estimate of drug-likeness (QED) is 0.532. The summed E-state index contributed by atoms with van der Waals surface area (Å²) in [5.41, 5.74) is 0. The van der Waals surface area contributed by atoms with E-state index in [-0.39, 0.29) is 35.2 Å². The van der Waals surface area contributed by atoms with Crippen molar-refractivity contribution in [1.29, 1.82) is 0 Å². The van der Waals surface area contributed by atoms with Gasteiger partial charge in [-0.25, -0.2) is 8.42 Å². The number of hydrogen-bond acceptors (Lipinski definition) is 8. The summed E-state index contributed by atoms with van der Waals surface area (Å²) in [6.07, 6.45) is 4.24. The molecule has 2 fully saturated rings. The number of carbonyl (C=O) groups is 1. The summed E-state index contributed by atoms with van der Waals surface area (Å²) in [7, 11) is -2.99. The van der Waals surface area contributed by atoms with Gasteiger partial charge in [-0.2, -0.15) is 0 Å². The third-order valence-electron chi connectivity index (χ3n) is 3.95. The molecule has 3 rings (SSSR count). The van der Waals surface area contributed by atoms with Gasteiger partial charge in [0, 0.05) is 18.6 Å². The van der Waals surface area contributed by atoms with E-state index >= 15 is 0 Å². The van der Waals surface area contributed by atoms with Crippen molar-refractivity contribution in [3.63, 3.8) is 0 Å². The number of hydrogen-bond donors (Lipinski definition) is 1.